The van der Waals surface area contributed by atoms with Crippen LogP contribution in [-0.4, -0.2) is 17.1 Å². The molecule has 0 spiro atoms. The Balaban J connectivity index is 0.00000172. The van der Waals surface area contributed by atoms with Gasteiger partial charge < -0.3 is 10.8 Å². The van der Waals surface area contributed by atoms with Crippen molar-refractivity contribution < 1.29 is 31.9 Å². The summed E-state index contributed by atoms with van der Waals surface area (Å²) in [6, 6.07) is -0.624. The molecule has 0 radical (unpaired) electrons. The number of hydrogen-bond donors (Lipinski definition) is 2. The van der Waals surface area contributed by atoms with Crippen LogP contribution in [-0.2, 0) is 16.9 Å². The van der Waals surface area contributed by atoms with Crippen LogP contribution in [0.1, 0.15) is 25.0 Å². The predicted molar refractivity (Wildman–Crippen MR) is 62.3 cm³/mol. The van der Waals surface area contributed by atoms with Crippen LogP contribution in [0.3, 0.4) is 0 Å². The van der Waals surface area contributed by atoms with E-state index in [1.54, 1.807) is 0 Å². The monoisotopic (exact) mass is 299 g/mol. The van der Waals surface area contributed by atoms with Crippen molar-refractivity contribution in [1.29, 1.82) is 0 Å². The number of rotatable bonds is 3. The van der Waals surface area contributed by atoms with Gasteiger partial charge in [0.15, 0.2) is 6.04 Å². The number of carboxylic acid groups (broad SMARTS) is 1. The summed E-state index contributed by atoms with van der Waals surface area (Å²) in [6.07, 6.45) is -4.65. The lowest BCUT2D eigenvalue weighted by Gasteiger charge is -2.21. The molecule has 0 amide bonds. The van der Waals surface area contributed by atoms with Crippen molar-refractivity contribution >= 4 is 5.97 Å². The molecule has 0 bridgehead atoms. The molecular weight excluding hydrogens is 285 g/mol. The molecule has 1 aromatic carbocycles. The smallest absolute Gasteiger partial charge is 0.416 e. The standard InChI is InChI=1S/C10H8F5NO2.C2H6/c11-9(12,7(16)8(17)18)5-1-3-6(4-2-5)10(13,14)15;1-2/h1-4,7H,16H2,(H,17,18);1-2H3. The average molecular weight is 299 g/mol. The summed E-state index contributed by atoms with van der Waals surface area (Å²) in [7, 11) is 0. The molecule has 0 aliphatic heterocycles. The zero-order chi connectivity index (χ0) is 16.1. The number of hydrogen-bond acceptors (Lipinski definition) is 2. The third-order valence-corrected chi connectivity index (χ3v) is 2.25. The Morgan fingerprint density at radius 1 is 1.05 bits per heavy atom. The molecule has 3 nitrogen and oxygen atoms in total. The maximum Gasteiger partial charge on any atom is 0.416 e. The molecule has 8 heteroatoms. The quantitative estimate of drug-likeness (QED) is 0.842. The third kappa shape index (κ3) is 4.16. The fourth-order valence-electron chi connectivity index (χ4n) is 1.22. The van der Waals surface area contributed by atoms with Crippen LogP contribution in [0, 0.1) is 0 Å². The lowest BCUT2D eigenvalue weighted by Crippen LogP contribution is -2.45. The van der Waals surface area contributed by atoms with E-state index in [1.165, 1.54) is 0 Å². The molecule has 0 aromatic heterocycles. The number of halogens is 5. The lowest BCUT2D eigenvalue weighted by molar-refractivity contribution is -0.149. The van der Waals surface area contributed by atoms with E-state index in [9.17, 15) is 26.7 Å². The van der Waals surface area contributed by atoms with Crippen LogP contribution in [0.5, 0.6) is 0 Å². The first-order chi connectivity index (χ1) is 9.06. The minimum Gasteiger partial charge on any atom is -0.480 e. The molecule has 20 heavy (non-hydrogen) atoms. The Morgan fingerprint density at radius 2 is 1.40 bits per heavy atom. The number of aliphatic carboxylic acids is 1. The molecule has 0 saturated carbocycles. The van der Waals surface area contributed by atoms with E-state index in [4.69, 9.17) is 10.8 Å². The molecule has 0 saturated heterocycles. The molecule has 0 aliphatic carbocycles. The maximum absolute atomic E-state index is 13.4. The zero-order valence-electron chi connectivity index (χ0n) is 10.7. The molecule has 114 valence electrons. The van der Waals surface area contributed by atoms with E-state index in [0.29, 0.717) is 24.3 Å². The fraction of sp³-hybridized carbons (Fsp3) is 0.417. The van der Waals surface area contributed by atoms with Crippen LogP contribution in [0.15, 0.2) is 24.3 Å². The van der Waals surface area contributed by atoms with Crippen LogP contribution >= 0.6 is 0 Å². The summed E-state index contributed by atoms with van der Waals surface area (Å²) >= 11 is 0. The van der Waals surface area contributed by atoms with E-state index >= 15 is 0 Å². The highest BCUT2D eigenvalue weighted by Crippen LogP contribution is 2.34. The van der Waals surface area contributed by atoms with Crippen molar-refractivity contribution in [3.8, 4) is 0 Å². The molecule has 0 heterocycles. The van der Waals surface area contributed by atoms with Gasteiger partial charge in [-0.3, -0.25) is 4.79 Å². The van der Waals surface area contributed by atoms with Gasteiger partial charge in [0.2, 0.25) is 0 Å². The van der Waals surface area contributed by atoms with Crippen LogP contribution in [0.4, 0.5) is 22.0 Å². The van der Waals surface area contributed by atoms with Crippen LogP contribution in [0.25, 0.3) is 0 Å². The van der Waals surface area contributed by atoms with Gasteiger partial charge >= 0.3 is 12.1 Å². The molecule has 1 unspecified atom stereocenters. The normalized spacial score (nSPS) is 13.2. The molecule has 1 aromatic rings. The first-order valence-electron chi connectivity index (χ1n) is 5.60. The maximum atomic E-state index is 13.4. The highest BCUT2D eigenvalue weighted by atomic mass is 19.4. The Bertz CT molecular complexity index is 442. The molecule has 0 fully saturated rings. The van der Waals surface area contributed by atoms with Gasteiger partial charge in [-0.05, 0) is 12.1 Å². The highest BCUT2D eigenvalue weighted by Gasteiger charge is 2.44. The molecule has 3 N–H and O–H groups in total. The average Bonchev–Trinajstić information content (AvgIpc) is 2.39. The van der Waals surface area contributed by atoms with Crippen LogP contribution < -0.4 is 5.73 Å². The van der Waals surface area contributed by atoms with Crippen molar-refractivity contribution in [3.63, 3.8) is 0 Å². The first-order valence-corrected chi connectivity index (χ1v) is 5.60. The highest BCUT2D eigenvalue weighted by molar-refractivity contribution is 5.74. The minimum absolute atomic E-state index is 0.442. The van der Waals surface area contributed by atoms with Crippen LogP contribution in [0.2, 0.25) is 0 Å². The SMILES string of the molecule is CC.NC(C(=O)O)C(F)(F)c1ccc(C(F)(F)F)cc1. The summed E-state index contributed by atoms with van der Waals surface area (Å²) in [5, 5.41) is 8.38. The number of carboxylic acids is 1. The Labute approximate surface area is 112 Å². The predicted octanol–water partition coefficient (Wildman–Crippen LogP) is 3.24. The number of benzene rings is 1. The summed E-state index contributed by atoms with van der Waals surface area (Å²) in [6.45, 7) is 4.00. The Morgan fingerprint density at radius 3 is 1.70 bits per heavy atom. The second kappa shape index (κ2) is 6.65. The van der Waals surface area contributed by atoms with E-state index in [2.05, 4.69) is 0 Å². The second-order valence-electron chi connectivity index (χ2n) is 3.51. The first kappa shape index (κ1) is 18.3. The Kier molecular flexibility index (Phi) is 6.08. The van der Waals surface area contributed by atoms with E-state index < -0.39 is 35.2 Å². The van der Waals surface area contributed by atoms with Gasteiger partial charge in [-0.15, -0.1) is 0 Å². The van der Waals surface area contributed by atoms with E-state index in [-0.39, 0.29) is 0 Å². The Hall–Kier alpha value is -1.70. The molecular formula is C12H14F5NO2. The van der Waals surface area contributed by atoms with Gasteiger partial charge in [0.25, 0.3) is 5.92 Å². The molecule has 0 aliphatic rings. The van der Waals surface area contributed by atoms with Gasteiger partial charge in [-0.25, -0.2) is 0 Å². The number of carbonyl (C=O) groups is 1. The zero-order valence-corrected chi connectivity index (χ0v) is 10.7. The second-order valence-corrected chi connectivity index (χ2v) is 3.51. The van der Waals surface area contributed by atoms with Gasteiger partial charge in [-0.1, -0.05) is 26.0 Å². The van der Waals surface area contributed by atoms with E-state index in [0.717, 1.165) is 0 Å². The molecule has 1 rings (SSSR count). The number of nitrogens with two attached hydrogens (primary N) is 1. The van der Waals surface area contributed by atoms with Gasteiger partial charge in [0, 0.05) is 5.56 Å². The fourth-order valence-corrected chi connectivity index (χ4v) is 1.22. The summed E-state index contributed by atoms with van der Waals surface area (Å²) < 4.78 is 63.5. The number of alkyl halides is 5. The minimum atomic E-state index is -4.65. The van der Waals surface area contributed by atoms with Gasteiger partial charge in [0.05, 0.1) is 5.56 Å². The van der Waals surface area contributed by atoms with Crippen molar-refractivity contribution in [2.75, 3.05) is 0 Å². The summed E-state index contributed by atoms with van der Waals surface area (Å²) in [4.78, 5) is 10.4. The van der Waals surface area contributed by atoms with Crippen molar-refractivity contribution in [1.82, 2.24) is 0 Å². The lowest BCUT2D eigenvalue weighted by atomic mass is 10.0. The van der Waals surface area contributed by atoms with Crippen molar-refractivity contribution in [3.05, 3.63) is 35.4 Å². The molecule has 1 atom stereocenters. The van der Waals surface area contributed by atoms with Gasteiger partial charge in [-0.2, -0.15) is 22.0 Å². The van der Waals surface area contributed by atoms with Gasteiger partial charge in [0.1, 0.15) is 0 Å². The third-order valence-electron chi connectivity index (χ3n) is 2.25. The largest absolute Gasteiger partial charge is 0.480 e. The topological polar surface area (TPSA) is 63.3 Å². The van der Waals surface area contributed by atoms with E-state index in [1.807, 2.05) is 13.8 Å². The summed E-state index contributed by atoms with van der Waals surface area (Å²) in [5.41, 5.74) is 2.79. The van der Waals surface area contributed by atoms with Crippen molar-refractivity contribution in [2.24, 2.45) is 5.73 Å². The van der Waals surface area contributed by atoms with Crippen molar-refractivity contribution in [2.45, 2.75) is 32.0 Å². The summed E-state index contributed by atoms with van der Waals surface area (Å²) in [5.74, 6) is -5.89.